The number of rotatable bonds is 5. The third kappa shape index (κ3) is 4.89. The number of ketones is 1. The highest BCUT2D eigenvalue weighted by atomic mass is 16.5. The second-order valence-corrected chi connectivity index (χ2v) is 6.06. The van der Waals surface area contributed by atoms with Crippen molar-refractivity contribution in [1.82, 2.24) is 9.80 Å². The van der Waals surface area contributed by atoms with Crippen molar-refractivity contribution in [1.29, 1.82) is 5.41 Å². The number of nitrogens with zero attached hydrogens (tertiary/aromatic N) is 2. The van der Waals surface area contributed by atoms with E-state index in [1.54, 1.807) is 4.90 Å². The SMILES string of the molecule is COC(=O)C1CN(C(=O)CC(C)=O)CCN1C(=N)Cc1ccccc1. The van der Waals surface area contributed by atoms with Gasteiger partial charge in [-0.05, 0) is 12.5 Å². The number of hydrogen-bond donors (Lipinski definition) is 1. The highest BCUT2D eigenvalue weighted by Crippen LogP contribution is 2.15. The van der Waals surface area contributed by atoms with Crippen LogP contribution in [-0.2, 0) is 25.5 Å². The first-order valence-corrected chi connectivity index (χ1v) is 8.15. The van der Waals surface area contributed by atoms with Gasteiger partial charge in [-0.15, -0.1) is 0 Å². The molecular weight excluding hydrogens is 322 g/mol. The lowest BCUT2D eigenvalue weighted by atomic mass is 10.1. The maximum absolute atomic E-state index is 12.2. The van der Waals surface area contributed by atoms with Gasteiger partial charge in [-0.3, -0.25) is 15.0 Å². The van der Waals surface area contributed by atoms with Gasteiger partial charge in [0.1, 0.15) is 17.7 Å². The maximum Gasteiger partial charge on any atom is 0.330 e. The Morgan fingerprint density at radius 1 is 1.20 bits per heavy atom. The Balaban J connectivity index is 2.10. The standard InChI is InChI=1S/C18H23N3O4/c1-13(22)10-17(23)20-8-9-21(15(12-20)18(24)25-2)16(19)11-14-6-4-3-5-7-14/h3-7,15,19H,8-12H2,1-2H3. The van der Waals surface area contributed by atoms with E-state index in [0.717, 1.165) is 5.56 Å². The number of carbonyl (C=O) groups is 3. The Labute approximate surface area is 147 Å². The van der Waals surface area contributed by atoms with Crippen LogP contribution in [0.1, 0.15) is 18.9 Å². The summed E-state index contributed by atoms with van der Waals surface area (Å²) in [6.07, 6.45) is 0.227. The van der Waals surface area contributed by atoms with Gasteiger partial charge >= 0.3 is 5.97 Å². The number of hydrogen-bond acceptors (Lipinski definition) is 5. The summed E-state index contributed by atoms with van der Waals surface area (Å²) < 4.78 is 4.85. The molecule has 0 radical (unpaired) electrons. The van der Waals surface area contributed by atoms with E-state index in [9.17, 15) is 14.4 Å². The number of amidine groups is 1. The van der Waals surface area contributed by atoms with Gasteiger partial charge in [-0.25, -0.2) is 4.79 Å². The fourth-order valence-corrected chi connectivity index (χ4v) is 2.89. The van der Waals surface area contributed by atoms with Crippen molar-refractivity contribution in [3.63, 3.8) is 0 Å². The highest BCUT2D eigenvalue weighted by molar-refractivity contribution is 5.97. The normalized spacial score (nSPS) is 17.1. The molecule has 1 fully saturated rings. The molecule has 2 rings (SSSR count). The zero-order chi connectivity index (χ0) is 18.4. The van der Waals surface area contributed by atoms with Crippen LogP contribution in [0.15, 0.2) is 30.3 Å². The molecule has 1 heterocycles. The van der Waals surface area contributed by atoms with Crippen LogP contribution in [-0.4, -0.2) is 66.1 Å². The monoisotopic (exact) mass is 345 g/mol. The lowest BCUT2D eigenvalue weighted by Crippen LogP contribution is -2.59. The molecule has 0 spiro atoms. The van der Waals surface area contributed by atoms with Gasteiger partial charge in [0, 0.05) is 19.5 Å². The fourth-order valence-electron chi connectivity index (χ4n) is 2.89. The van der Waals surface area contributed by atoms with Crippen LogP contribution in [0.3, 0.4) is 0 Å². The van der Waals surface area contributed by atoms with E-state index in [0.29, 0.717) is 25.3 Å². The molecule has 7 heteroatoms. The molecule has 1 N–H and O–H groups in total. The van der Waals surface area contributed by atoms with E-state index in [-0.39, 0.29) is 24.7 Å². The van der Waals surface area contributed by atoms with Gasteiger partial charge in [0.25, 0.3) is 0 Å². The first-order valence-electron chi connectivity index (χ1n) is 8.15. The number of nitrogens with one attached hydrogen (secondary N) is 1. The van der Waals surface area contributed by atoms with Crippen LogP contribution < -0.4 is 0 Å². The molecule has 0 aromatic heterocycles. The number of Topliss-reactive ketones (excluding diaryl/α,β-unsaturated/α-hetero) is 1. The molecule has 7 nitrogen and oxygen atoms in total. The molecule has 0 saturated carbocycles. The molecule has 1 aromatic carbocycles. The maximum atomic E-state index is 12.2. The van der Waals surface area contributed by atoms with Crippen molar-refractivity contribution in [2.75, 3.05) is 26.7 Å². The molecule has 1 amide bonds. The number of benzene rings is 1. The predicted molar refractivity (Wildman–Crippen MR) is 92.3 cm³/mol. The van der Waals surface area contributed by atoms with E-state index in [2.05, 4.69) is 0 Å². The first-order chi connectivity index (χ1) is 11.9. The Kier molecular flexibility index (Phi) is 6.27. The lowest BCUT2D eigenvalue weighted by Gasteiger charge is -2.41. The Morgan fingerprint density at radius 2 is 1.88 bits per heavy atom. The average Bonchev–Trinajstić information content (AvgIpc) is 2.60. The van der Waals surface area contributed by atoms with Gasteiger partial charge in [0.15, 0.2) is 0 Å². The molecule has 0 aliphatic carbocycles. The van der Waals surface area contributed by atoms with Crippen LogP contribution in [0.2, 0.25) is 0 Å². The molecule has 1 aromatic rings. The molecule has 1 aliphatic heterocycles. The third-order valence-corrected chi connectivity index (χ3v) is 4.17. The van der Waals surface area contributed by atoms with Gasteiger partial charge in [-0.2, -0.15) is 0 Å². The fraction of sp³-hybridized carbons (Fsp3) is 0.444. The summed E-state index contributed by atoms with van der Waals surface area (Å²) in [5.74, 6) is -0.687. The molecule has 25 heavy (non-hydrogen) atoms. The van der Waals surface area contributed by atoms with Crippen LogP contribution in [0, 0.1) is 5.41 Å². The number of piperazine rings is 1. The number of methoxy groups -OCH3 is 1. The number of ether oxygens (including phenoxy) is 1. The Hall–Kier alpha value is -2.70. The minimum atomic E-state index is -0.731. The predicted octanol–water partition coefficient (Wildman–Crippen LogP) is 0.871. The van der Waals surface area contributed by atoms with Gasteiger partial charge < -0.3 is 14.5 Å². The van der Waals surface area contributed by atoms with E-state index < -0.39 is 12.0 Å². The molecule has 1 aliphatic rings. The van der Waals surface area contributed by atoms with Crippen molar-refractivity contribution in [3.05, 3.63) is 35.9 Å². The smallest absolute Gasteiger partial charge is 0.330 e. The Morgan fingerprint density at radius 3 is 2.48 bits per heavy atom. The third-order valence-electron chi connectivity index (χ3n) is 4.17. The molecule has 134 valence electrons. The lowest BCUT2D eigenvalue weighted by molar-refractivity contribution is -0.149. The first kappa shape index (κ1) is 18.6. The van der Waals surface area contributed by atoms with E-state index in [4.69, 9.17) is 10.1 Å². The van der Waals surface area contributed by atoms with Gasteiger partial charge in [0.05, 0.1) is 20.1 Å². The van der Waals surface area contributed by atoms with Crippen molar-refractivity contribution >= 4 is 23.5 Å². The number of amides is 1. The number of esters is 1. The minimum Gasteiger partial charge on any atom is -0.467 e. The zero-order valence-electron chi connectivity index (χ0n) is 14.5. The molecule has 1 atom stereocenters. The number of carbonyl (C=O) groups excluding carboxylic acids is 3. The minimum absolute atomic E-state index is 0.121. The van der Waals surface area contributed by atoms with E-state index in [1.165, 1.54) is 18.9 Å². The summed E-state index contributed by atoms with van der Waals surface area (Å²) in [7, 11) is 1.29. The van der Waals surface area contributed by atoms with E-state index >= 15 is 0 Å². The summed E-state index contributed by atoms with van der Waals surface area (Å²) in [5.41, 5.74) is 0.978. The van der Waals surface area contributed by atoms with Gasteiger partial charge in [-0.1, -0.05) is 30.3 Å². The molecule has 1 saturated heterocycles. The quantitative estimate of drug-likeness (QED) is 0.370. The summed E-state index contributed by atoms with van der Waals surface area (Å²) in [6, 6.07) is 8.83. The topological polar surface area (TPSA) is 90.8 Å². The van der Waals surface area contributed by atoms with Gasteiger partial charge in [0.2, 0.25) is 5.91 Å². The summed E-state index contributed by atoms with van der Waals surface area (Å²) in [4.78, 5) is 38.6. The van der Waals surface area contributed by atoms with Crippen molar-refractivity contribution in [3.8, 4) is 0 Å². The van der Waals surface area contributed by atoms with Crippen LogP contribution in [0.4, 0.5) is 0 Å². The molecule has 1 unspecified atom stereocenters. The summed E-state index contributed by atoms with van der Waals surface area (Å²) >= 11 is 0. The summed E-state index contributed by atoms with van der Waals surface area (Å²) in [6.45, 7) is 2.21. The molecule has 0 bridgehead atoms. The average molecular weight is 345 g/mol. The second kappa shape index (κ2) is 8.41. The van der Waals surface area contributed by atoms with Crippen molar-refractivity contribution in [2.45, 2.75) is 25.8 Å². The molecular formula is C18H23N3O4. The largest absolute Gasteiger partial charge is 0.467 e. The van der Waals surface area contributed by atoms with E-state index in [1.807, 2.05) is 30.3 Å². The summed E-state index contributed by atoms with van der Waals surface area (Å²) in [5, 5.41) is 8.37. The zero-order valence-corrected chi connectivity index (χ0v) is 14.5. The van der Waals surface area contributed by atoms with Crippen molar-refractivity contribution in [2.24, 2.45) is 0 Å². The van der Waals surface area contributed by atoms with Crippen LogP contribution in [0.5, 0.6) is 0 Å². The second-order valence-electron chi connectivity index (χ2n) is 6.06. The van der Waals surface area contributed by atoms with Crippen molar-refractivity contribution < 1.29 is 19.1 Å². The van der Waals surface area contributed by atoms with Crippen LogP contribution in [0.25, 0.3) is 0 Å². The van der Waals surface area contributed by atoms with Crippen LogP contribution >= 0.6 is 0 Å². The highest BCUT2D eigenvalue weighted by Gasteiger charge is 2.36. The Bertz CT molecular complexity index is 660.